The Morgan fingerprint density at radius 3 is 2.54 bits per heavy atom. The van der Waals surface area contributed by atoms with Crippen molar-refractivity contribution in [1.29, 1.82) is 0 Å². The van der Waals surface area contributed by atoms with Crippen LogP contribution in [0, 0.1) is 0 Å². The molecule has 5 heteroatoms. The number of fused-ring (bicyclic) bond motifs is 1. The van der Waals surface area contributed by atoms with Crippen LogP contribution in [-0.2, 0) is 6.42 Å². The molecule has 4 rings (SSSR count). The molecule has 0 atom stereocenters. The van der Waals surface area contributed by atoms with Gasteiger partial charge in [0.15, 0.2) is 10.1 Å². The monoisotopic (exact) mass is 395 g/mol. The number of Topliss-reactive ketones (excluding diaryl/α,β-unsaturated/α-hetero) is 1. The fraction of sp³-hybridized carbons (Fsp3) is 0.0476. The molecule has 0 aliphatic rings. The second-order valence-corrected chi connectivity index (χ2v) is 8.51. The van der Waals surface area contributed by atoms with Crippen LogP contribution in [-0.4, -0.2) is 10.8 Å². The van der Waals surface area contributed by atoms with Crippen LogP contribution in [0.4, 0.5) is 0 Å². The van der Waals surface area contributed by atoms with E-state index < -0.39 is 0 Å². The van der Waals surface area contributed by atoms with E-state index in [1.807, 2.05) is 66.7 Å². The number of rotatable bonds is 5. The quantitative estimate of drug-likeness (QED) is 0.360. The highest BCUT2D eigenvalue weighted by molar-refractivity contribution is 8.01. The lowest BCUT2D eigenvalue weighted by Gasteiger charge is -2.06. The molecule has 1 heterocycles. The number of carbonyl (C=O) groups is 1. The van der Waals surface area contributed by atoms with Gasteiger partial charge in [0.1, 0.15) is 0 Å². The number of halogens is 1. The number of benzene rings is 3. The van der Waals surface area contributed by atoms with Crippen LogP contribution < -0.4 is 0 Å². The Morgan fingerprint density at radius 1 is 1.00 bits per heavy atom. The van der Waals surface area contributed by atoms with Crippen molar-refractivity contribution in [2.45, 2.75) is 15.7 Å². The fourth-order valence-corrected chi connectivity index (χ4v) is 4.98. The van der Waals surface area contributed by atoms with Crippen molar-refractivity contribution >= 4 is 50.7 Å². The van der Waals surface area contributed by atoms with Gasteiger partial charge in [-0.05, 0) is 29.8 Å². The second kappa shape index (κ2) is 7.62. The van der Waals surface area contributed by atoms with E-state index in [-0.39, 0.29) is 5.78 Å². The topological polar surface area (TPSA) is 30.0 Å². The van der Waals surface area contributed by atoms with E-state index >= 15 is 0 Å². The largest absolute Gasteiger partial charge is 0.294 e. The Morgan fingerprint density at radius 2 is 1.77 bits per heavy atom. The molecule has 0 spiro atoms. The number of hydrogen-bond acceptors (Lipinski definition) is 4. The van der Waals surface area contributed by atoms with Gasteiger partial charge < -0.3 is 0 Å². The maximum atomic E-state index is 12.3. The van der Waals surface area contributed by atoms with Crippen LogP contribution in [0.25, 0.3) is 10.2 Å². The summed E-state index contributed by atoms with van der Waals surface area (Å²) < 4.78 is 2.12. The molecule has 0 unspecified atom stereocenters. The van der Waals surface area contributed by atoms with E-state index in [1.54, 1.807) is 23.1 Å². The van der Waals surface area contributed by atoms with E-state index in [9.17, 15) is 4.79 Å². The van der Waals surface area contributed by atoms with E-state index in [0.717, 1.165) is 30.6 Å². The molecule has 0 saturated carbocycles. The molecule has 0 fully saturated rings. The van der Waals surface area contributed by atoms with E-state index in [1.165, 1.54) is 0 Å². The highest BCUT2D eigenvalue weighted by Crippen LogP contribution is 2.38. The number of carbonyl (C=O) groups excluding carboxylic acids is 1. The summed E-state index contributed by atoms with van der Waals surface area (Å²) in [6.45, 7) is 0. The molecule has 0 aliphatic heterocycles. The maximum absolute atomic E-state index is 12.3. The summed E-state index contributed by atoms with van der Waals surface area (Å²) in [5, 5.41) is 0.646. The first-order valence-electron chi connectivity index (χ1n) is 8.09. The zero-order valence-corrected chi connectivity index (χ0v) is 16.1. The zero-order valence-electron chi connectivity index (χ0n) is 13.7. The summed E-state index contributed by atoms with van der Waals surface area (Å²) >= 11 is 9.66. The molecule has 0 saturated heterocycles. The molecule has 128 valence electrons. The fourth-order valence-electron chi connectivity index (χ4n) is 2.64. The minimum absolute atomic E-state index is 0.0910. The Bertz CT molecular complexity index is 1040. The Kier molecular flexibility index (Phi) is 5.07. The highest BCUT2D eigenvalue weighted by Gasteiger charge is 2.11. The predicted molar refractivity (Wildman–Crippen MR) is 110 cm³/mol. The van der Waals surface area contributed by atoms with Gasteiger partial charge in [0.25, 0.3) is 0 Å². The molecule has 0 N–H and O–H groups in total. The third kappa shape index (κ3) is 3.83. The third-order valence-electron chi connectivity index (χ3n) is 3.93. The van der Waals surface area contributed by atoms with Crippen LogP contribution in [0.2, 0.25) is 5.02 Å². The van der Waals surface area contributed by atoms with Gasteiger partial charge in [-0.2, -0.15) is 0 Å². The van der Waals surface area contributed by atoms with Gasteiger partial charge in [-0.25, -0.2) is 4.98 Å². The van der Waals surface area contributed by atoms with Crippen LogP contribution in [0.15, 0.2) is 82.0 Å². The second-order valence-electron chi connectivity index (χ2n) is 5.78. The number of ketones is 1. The van der Waals surface area contributed by atoms with Gasteiger partial charge in [0.2, 0.25) is 0 Å². The summed E-state index contributed by atoms with van der Waals surface area (Å²) in [6, 6.07) is 23.2. The van der Waals surface area contributed by atoms with E-state index in [4.69, 9.17) is 11.6 Å². The molecular formula is C21H14ClNOS2. The number of aromatic nitrogens is 1. The summed E-state index contributed by atoms with van der Waals surface area (Å²) in [7, 11) is 0. The minimum atomic E-state index is 0.0910. The van der Waals surface area contributed by atoms with Crippen LogP contribution in [0.3, 0.4) is 0 Å². The van der Waals surface area contributed by atoms with E-state index in [2.05, 4.69) is 11.1 Å². The van der Waals surface area contributed by atoms with Crippen molar-refractivity contribution in [1.82, 2.24) is 4.98 Å². The van der Waals surface area contributed by atoms with Gasteiger partial charge in [0, 0.05) is 16.9 Å². The van der Waals surface area contributed by atoms with Gasteiger partial charge in [-0.15, -0.1) is 11.3 Å². The molecule has 4 aromatic rings. The first kappa shape index (κ1) is 17.3. The van der Waals surface area contributed by atoms with Gasteiger partial charge in [0.05, 0.1) is 15.2 Å². The number of nitrogens with zero attached hydrogens (tertiary/aromatic N) is 1. The van der Waals surface area contributed by atoms with Crippen LogP contribution in [0.1, 0.15) is 15.9 Å². The lowest BCUT2D eigenvalue weighted by Crippen LogP contribution is -2.03. The number of thiazole rings is 1. The predicted octanol–water partition coefficient (Wildman–Crippen LogP) is 6.53. The average Bonchev–Trinajstić information content (AvgIpc) is 3.07. The molecule has 3 aromatic carbocycles. The highest BCUT2D eigenvalue weighted by atomic mass is 35.5. The van der Waals surface area contributed by atoms with E-state index in [0.29, 0.717) is 11.4 Å². The number of para-hydroxylation sites is 1. The third-order valence-corrected chi connectivity index (χ3v) is 6.53. The zero-order chi connectivity index (χ0) is 17.9. The first-order valence-corrected chi connectivity index (χ1v) is 10.1. The molecule has 26 heavy (non-hydrogen) atoms. The molecule has 0 amide bonds. The van der Waals surface area contributed by atoms with Gasteiger partial charge in [-0.3, -0.25) is 4.79 Å². The summed E-state index contributed by atoms with van der Waals surface area (Å²) in [5.41, 5.74) is 2.63. The summed E-state index contributed by atoms with van der Waals surface area (Å²) in [5.74, 6) is 0.0910. The molecule has 0 aliphatic carbocycles. The van der Waals surface area contributed by atoms with Gasteiger partial charge >= 0.3 is 0 Å². The standard InChI is InChI=1S/C21H14ClNOS2/c22-16-12-14(13-18(24)15-6-2-1-3-7-15)10-11-19(16)25-21-23-17-8-4-5-9-20(17)26-21/h1-12H,13H2. The number of hydrogen-bond donors (Lipinski definition) is 0. The molecule has 2 nitrogen and oxygen atoms in total. The Balaban J connectivity index is 1.51. The van der Waals surface area contributed by atoms with Crippen molar-refractivity contribution in [2.75, 3.05) is 0 Å². The molecule has 1 aromatic heterocycles. The summed E-state index contributed by atoms with van der Waals surface area (Å²) in [4.78, 5) is 17.9. The van der Waals surface area contributed by atoms with Crippen molar-refractivity contribution < 1.29 is 4.79 Å². The molecule has 0 bridgehead atoms. The van der Waals surface area contributed by atoms with Gasteiger partial charge in [-0.1, -0.05) is 71.9 Å². The van der Waals surface area contributed by atoms with Crippen LogP contribution >= 0.6 is 34.7 Å². The molecular weight excluding hydrogens is 382 g/mol. The Labute approximate surface area is 164 Å². The van der Waals surface area contributed by atoms with Crippen molar-refractivity contribution in [3.05, 3.63) is 88.9 Å². The Hall–Kier alpha value is -2.14. The van der Waals surface area contributed by atoms with Crippen LogP contribution in [0.5, 0.6) is 0 Å². The lowest BCUT2D eigenvalue weighted by molar-refractivity contribution is 0.0993. The van der Waals surface area contributed by atoms with Crippen molar-refractivity contribution in [3.63, 3.8) is 0 Å². The maximum Gasteiger partial charge on any atom is 0.167 e. The smallest absolute Gasteiger partial charge is 0.167 e. The molecule has 0 radical (unpaired) electrons. The summed E-state index contributed by atoms with van der Waals surface area (Å²) in [6.07, 6.45) is 0.343. The minimum Gasteiger partial charge on any atom is -0.294 e. The lowest BCUT2D eigenvalue weighted by atomic mass is 10.0. The normalized spacial score (nSPS) is 11.0. The average molecular weight is 396 g/mol. The van der Waals surface area contributed by atoms with Crippen molar-refractivity contribution in [2.24, 2.45) is 0 Å². The SMILES string of the molecule is O=C(Cc1ccc(Sc2nc3ccccc3s2)c(Cl)c1)c1ccccc1. The van der Waals surface area contributed by atoms with Crippen molar-refractivity contribution in [3.8, 4) is 0 Å². The first-order chi connectivity index (χ1) is 12.7.